The number of allylic oxidation sites excluding steroid dienone is 8. The summed E-state index contributed by atoms with van der Waals surface area (Å²) in [5, 5.41) is 0. The van der Waals surface area contributed by atoms with Gasteiger partial charge < -0.3 is 4.90 Å². The van der Waals surface area contributed by atoms with Gasteiger partial charge in [-0.25, -0.2) is 0 Å². The minimum atomic E-state index is 0.484. The van der Waals surface area contributed by atoms with Gasteiger partial charge in [0.15, 0.2) is 0 Å². The van der Waals surface area contributed by atoms with Crippen LogP contribution in [-0.2, 0) is 0 Å². The Labute approximate surface area is 164 Å². The minimum Gasteiger partial charge on any atom is -0.370 e. The van der Waals surface area contributed by atoms with Crippen LogP contribution in [0.15, 0.2) is 59.4 Å². The van der Waals surface area contributed by atoms with Crippen LogP contribution in [0.1, 0.15) is 81.1 Å². The first-order chi connectivity index (χ1) is 12.3. The van der Waals surface area contributed by atoms with Gasteiger partial charge in [0.1, 0.15) is 0 Å². The van der Waals surface area contributed by atoms with Gasteiger partial charge in [0.2, 0.25) is 0 Å². The third-order valence-corrected chi connectivity index (χ3v) is 5.06. The number of rotatable bonds is 12. The maximum Gasteiger partial charge on any atom is 0.0295 e. The van der Waals surface area contributed by atoms with Crippen LogP contribution in [0.2, 0.25) is 0 Å². The Hall–Kier alpha value is -1.50. The van der Waals surface area contributed by atoms with Crippen molar-refractivity contribution < 1.29 is 0 Å². The van der Waals surface area contributed by atoms with Crippen LogP contribution in [0, 0.1) is 5.92 Å². The first kappa shape index (κ1) is 24.5. The van der Waals surface area contributed by atoms with Gasteiger partial charge in [-0.15, -0.1) is 0 Å². The van der Waals surface area contributed by atoms with E-state index < -0.39 is 0 Å². The lowest BCUT2D eigenvalue weighted by molar-refractivity contribution is 0.270. The van der Waals surface area contributed by atoms with E-state index in [1.54, 1.807) is 0 Å². The highest BCUT2D eigenvalue weighted by atomic mass is 15.1. The van der Waals surface area contributed by atoms with Crippen LogP contribution in [-0.4, -0.2) is 17.5 Å². The normalized spacial score (nSPS) is 15.0. The number of hydrogen-bond donors (Lipinski definition) is 0. The second-order valence-electron chi connectivity index (χ2n) is 7.74. The molecule has 148 valence electrons. The molecule has 0 aromatic heterocycles. The van der Waals surface area contributed by atoms with Crippen molar-refractivity contribution in [1.29, 1.82) is 0 Å². The van der Waals surface area contributed by atoms with Crippen LogP contribution in [0.4, 0.5) is 0 Å². The molecule has 0 rings (SSSR count). The van der Waals surface area contributed by atoms with E-state index in [-0.39, 0.29) is 0 Å². The van der Waals surface area contributed by atoms with Crippen molar-refractivity contribution in [3.8, 4) is 0 Å². The van der Waals surface area contributed by atoms with Gasteiger partial charge in [0.05, 0.1) is 0 Å². The van der Waals surface area contributed by atoms with Gasteiger partial charge in [0, 0.05) is 18.3 Å². The Morgan fingerprint density at radius 3 is 2.27 bits per heavy atom. The molecule has 0 aromatic rings. The highest BCUT2D eigenvalue weighted by molar-refractivity contribution is 5.33. The Kier molecular flexibility index (Phi) is 12.9. The molecule has 0 saturated heterocycles. The highest BCUT2D eigenvalue weighted by Gasteiger charge is 2.11. The third kappa shape index (κ3) is 9.85. The van der Waals surface area contributed by atoms with E-state index in [4.69, 9.17) is 0 Å². The summed E-state index contributed by atoms with van der Waals surface area (Å²) in [7, 11) is 0. The molecular formula is C25H43N. The van der Waals surface area contributed by atoms with Gasteiger partial charge >= 0.3 is 0 Å². The molecule has 0 aliphatic carbocycles. The van der Waals surface area contributed by atoms with Gasteiger partial charge in [-0.1, -0.05) is 69.2 Å². The van der Waals surface area contributed by atoms with Crippen molar-refractivity contribution in [2.45, 2.75) is 87.1 Å². The maximum absolute atomic E-state index is 4.30. The van der Waals surface area contributed by atoms with E-state index in [1.165, 1.54) is 29.6 Å². The molecule has 0 heterocycles. The van der Waals surface area contributed by atoms with Crippen LogP contribution >= 0.6 is 0 Å². The average molecular weight is 358 g/mol. The van der Waals surface area contributed by atoms with Gasteiger partial charge in [0.25, 0.3) is 0 Å². The number of hydrogen-bond acceptors (Lipinski definition) is 1. The quantitative estimate of drug-likeness (QED) is 0.321. The molecule has 0 saturated carbocycles. The lowest BCUT2D eigenvalue weighted by Crippen LogP contribution is -2.30. The molecule has 0 aromatic carbocycles. The van der Waals surface area contributed by atoms with Crippen molar-refractivity contribution >= 4 is 0 Å². The zero-order valence-corrected chi connectivity index (χ0v) is 18.7. The predicted octanol–water partition coefficient (Wildman–Crippen LogP) is 7.84. The van der Waals surface area contributed by atoms with E-state index in [0.717, 1.165) is 31.0 Å². The third-order valence-electron chi connectivity index (χ3n) is 5.06. The smallest absolute Gasteiger partial charge is 0.0295 e. The Morgan fingerprint density at radius 2 is 1.77 bits per heavy atom. The highest BCUT2D eigenvalue weighted by Crippen LogP contribution is 2.20. The van der Waals surface area contributed by atoms with E-state index in [0.29, 0.717) is 6.04 Å². The molecule has 0 amide bonds. The summed E-state index contributed by atoms with van der Waals surface area (Å²) in [5.41, 5.74) is 5.31. The first-order valence-corrected chi connectivity index (χ1v) is 10.4. The fourth-order valence-corrected chi connectivity index (χ4v) is 2.98. The molecule has 0 N–H and O–H groups in total. The lowest BCUT2D eigenvalue weighted by atomic mass is 9.98. The van der Waals surface area contributed by atoms with Crippen molar-refractivity contribution in [3.63, 3.8) is 0 Å². The summed E-state index contributed by atoms with van der Waals surface area (Å²) in [6.07, 6.45) is 15.6. The standard InChI is InChI=1S/C25H43N/c1-10-14-23(8)25(12-3)19-22(7)15-13-16-24(9)26(20(4)5)18-17-21(6)11-2/h12-16,20-21H,9-11,17-19H2,1-8H3/b16-13-,22-15+,23-14-,25-12-. The first-order valence-electron chi connectivity index (χ1n) is 10.4. The van der Waals surface area contributed by atoms with E-state index in [1.807, 2.05) is 0 Å². The van der Waals surface area contributed by atoms with Crippen molar-refractivity contribution in [1.82, 2.24) is 4.90 Å². The van der Waals surface area contributed by atoms with Gasteiger partial charge in [-0.05, 0) is 71.4 Å². The van der Waals surface area contributed by atoms with Crippen molar-refractivity contribution in [2.24, 2.45) is 5.92 Å². The summed E-state index contributed by atoms with van der Waals surface area (Å²) in [5.74, 6) is 0.772. The van der Waals surface area contributed by atoms with Crippen molar-refractivity contribution in [3.05, 3.63) is 59.4 Å². The van der Waals surface area contributed by atoms with Crippen LogP contribution in [0.3, 0.4) is 0 Å². The molecule has 1 nitrogen and oxygen atoms in total. The molecule has 0 aliphatic rings. The molecule has 1 atom stereocenters. The zero-order valence-electron chi connectivity index (χ0n) is 18.7. The van der Waals surface area contributed by atoms with Crippen LogP contribution in [0.25, 0.3) is 0 Å². The van der Waals surface area contributed by atoms with Crippen LogP contribution < -0.4 is 0 Å². The molecule has 0 bridgehead atoms. The summed E-state index contributed by atoms with van der Waals surface area (Å²) in [6.45, 7) is 23.2. The summed E-state index contributed by atoms with van der Waals surface area (Å²) >= 11 is 0. The molecule has 0 fully saturated rings. The topological polar surface area (TPSA) is 3.24 Å². The Bertz CT molecular complexity index is 528. The fraction of sp³-hybridized carbons (Fsp3) is 0.600. The summed E-state index contributed by atoms with van der Waals surface area (Å²) in [6, 6.07) is 0.484. The molecule has 1 unspecified atom stereocenters. The summed E-state index contributed by atoms with van der Waals surface area (Å²) < 4.78 is 0. The molecule has 0 spiro atoms. The monoisotopic (exact) mass is 357 g/mol. The van der Waals surface area contributed by atoms with Crippen molar-refractivity contribution in [2.75, 3.05) is 6.54 Å². The summed E-state index contributed by atoms with van der Waals surface area (Å²) in [4.78, 5) is 2.41. The fourth-order valence-electron chi connectivity index (χ4n) is 2.98. The molecule has 0 aliphatic heterocycles. The lowest BCUT2D eigenvalue weighted by Gasteiger charge is -2.30. The molecule has 0 radical (unpaired) electrons. The molecular weight excluding hydrogens is 314 g/mol. The van der Waals surface area contributed by atoms with Gasteiger partial charge in [-0.3, -0.25) is 0 Å². The van der Waals surface area contributed by atoms with Crippen LogP contribution in [0.5, 0.6) is 0 Å². The predicted molar refractivity (Wildman–Crippen MR) is 120 cm³/mol. The second kappa shape index (κ2) is 13.7. The Morgan fingerprint density at radius 1 is 1.12 bits per heavy atom. The second-order valence-corrected chi connectivity index (χ2v) is 7.74. The molecule has 1 heteroatoms. The number of nitrogens with zero attached hydrogens (tertiary/aromatic N) is 1. The minimum absolute atomic E-state index is 0.484. The zero-order chi connectivity index (χ0) is 20.1. The molecule has 26 heavy (non-hydrogen) atoms. The maximum atomic E-state index is 4.30. The SMILES string of the molecule is C=C(/C=C\C=C(/C)CC(=C/C)/C(C)=C\CC)N(CCC(C)CC)C(C)C. The largest absolute Gasteiger partial charge is 0.370 e. The van der Waals surface area contributed by atoms with E-state index in [9.17, 15) is 0 Å². The van der Waals surface area contributed by atoms with Gasteiger partial charge in [-0.2, -0.15) is 0 Å². The van der Waals surface area contributed by atoms with E-state index in [2.05, 4.69) is 97.2 Å². The average Bonchev–Trinajstić information content (AvgIpc) is 2.59. The Balaban J connectivity index is 4.86. The van der Waals surface area contributed by atoms with E-state index >= 15 is 0 Å².